The van der Waals surface area contributed by atoms with E-state index in [-0.39, 0.29) is 29.8 Å². The molecule has 4 rings (SSSR count). The summed E-state index contributed by atoms with van der Waals surface area (Å²) in [7, 11) is 0. The molecule has 2 amide bonds. The average molecular weight is 445 g/mol. The van der Waals surface area contributed by atoms with Gasteiger partial charge in [0, 0.05) is 46.7 Å². The number of hydrogen-bond acceptors (Lipinski definition) is 3. The van der Waals surface area contributed by atoms with Crippen LogP contribution in [0, 0.1) is 5.92 Å². The van der Waals surface area contributed by atoms with Crippen LogP contribution in [0.3, 0.4) is 0 Å². The maximum atomic E-state index is 12.9. The van der Waals surface area contributed by atoms with E-state index in [0.717, 1.165) is 62.5 Å². The number of nitrogens with zero attached hydrogens (tertiary/aromatic N) is 1. The van der Waals surface area contributed by atoms with Gasteiger partial charge in [-0.3, -0.25) is 9.59 Å². The first-order valence-electron chi connectivity index (χ1n) is 11.5. The number of piperidine rings is 1. The van der Waals surface area contributed by atoms with Gasteiger partial charge in [0.15, 0.2) is 0 Å². The highest BCUT2D eigenvalue weighted by atomic mass is 35.5. The summed E-state index contributed by atoms with van der Waals surface area (Å²) in [4.78, 5) is 31.4. The van der Waals surface area contributed by atoms with Gasteiger partial charge in [0.1, 0.15) is 0 Å². The molecule has 1 aliphatic carbocycles. The second kappa shape index (κ2) is 9.61. The highest BCUT2D eigenvalue weighted by molar-refractivity contribution is 6.35. The van der Waals surface area contributed by atoms with Crippen LogP contribution in [0.1, 0.15) is 62.7 Å². The number of carbonyl (C=O) groups is 2. The molecule has 2 heterocycles. The number of aromatic amines is 1. The second-order valence-electron chi connectivity index (χ2n) is 9.28. The Kier molecular flexibility index (Phi) is 6.87. The molecular formula is C24H33ClN4O2. The minimum atomic E-state index is -0.107. The van der Waals surface area contributed by atoms with E-state index in [1.807, 2.05) is 12.1 Å². The fraction of sp³-hybridized carbons (Fsp3) is 0.583. The predicted octanol–water partition coefficient (Wildman–Crippen LogP) is 4.10. The molecule has 31 heavy (non-hydrogen) atoms. The highest BCUT2D eigenvalue weighted by Crippen LogP contribution is 2.25. The van der Waals surface area contributed by atoms with Crippen LogP contribution >= 0.6 is 11.6 Å². The Balaban J connectivity index is 1.36. The summed E-state index contributed by atoms with van der Waals surface area (Å²) >= 11 is 6.14. The Bertz CT molecular complexity index is 933. The molecule has 2 unspecified atom stereocenters. The summed E-state index contributed by atoms with van der Waals surface area (Å²) in [6.07, 6.45) is 7.49. The van der Waals surface area contributed by atoms with E-state index < -0.39 is 0 Å². The molecule has 1 aromatic heterocycles. The maximum absolute atomic E-state index is 12.9. The van der Waals surface area contributed by atoms with Crippen molar-refractivity contribution in [3.63, 3.8) is 0 Å². The topological polar surface area (TPSA) is 77.2 Å². The van der Waals surface area contributed by atoms with Crippen molar-refractivity contribution in [1.82, 2.24) is 20.5 Å². The van der Waals surface area contributed by atoms with Crippen molar-refractivity contribution in [2.75, 3.05) is 13.1 Å². The number of hydrogen-bond donors (Lipinski definition) is 3. The molecule has 2 aliphatic rings. The number of benzene rings is 1. The molecule has 1 aliphatic heterocycles. The Morgan fingerprint density at radius 2 is 1.74 bits per heavy atom. The van der Waals surface area contributed by atoms with E-state index in [1.165, 1.54) is 0 Å². The lowest BCUT2D eigenvalue weighted by Gasteiger charge is -2.37. The highest BCUT2D eigenvalue weighted by Gasteiger charge is 2.32. The van der Waals surface area contributed by atoms with Gasteiger partial charge in [0.25, 0.3) is 5.91 Å². The Hall–Kier alpha value is -2.05. The zero-order chi connectivity index (χ0) is 22.0. The van der Waals surface area contributed by atoms with Crippen LogP contribution in [-0.4, -0.2) is 52.9 Å². The van der Waals surface area contributed by atoms with Crippen LogP contribution in [0.5, 0.6) is 0 Å². The molecule has 0 bridgehead atoms. The van der Waals surface area contributed by atoms with Crippen LogP contribution in [0.2, 0.25) is 5.02 Å². The van der Waals surface area contributed by atoms with Crippen molar-refractivity contribution < 1.29 is 9.59 Å². The summed E-state index contributed by atoms with van der Waals surface area (Å²) < 4.78 is 0. The van der Waals surface area contributed by atoms with Crippen LogP contribution in [0.15, 0.2) is 24.4 Å². The lowest BCUT2D eigenvalue weighted by Crippen LogP contribution is -2.55. The Labute approximate surface area is 189 Å². The number of H-pyrrole nitrogens is 1. The zero-order valence-corrected chi connectivity index (χ0v) is 19.2. The van der Waals surface area contributed by atoms with Crippen molar-refractivity contribution in [2.45, 2.75) is 70.5 Å². The maximum Gasteiger partial charge on any atom is 0.251 e. The summed E-state index contributed by atoms with van der Waals surface area (Å²) in [5.74, 6) is 0.120. The quantitative estimate of drug-likeness (QED) is 0.649. The van der Waals surface area contributed by atoms with Gasteiger partial charge in [0.05, 0.1) is 5.02 Å². The molecule has 2 fully saturated rings. The molecule has 6 nitrogen and oxygen atoms in total. The van der Waals surface area contributed by atoms with E-state index in [4.69, 9.17) is 11.6 Å². The number of rotatable bonds is 5. The standard InChI is InChI=1S/C24H33ClN4O2/c1-15(2)29-11-9-16(10-12-29)23(30)27-20-5-3-4-6-21(20)28-24(31)17-7-8-18-19(25)14-26-22(18)13-17/h7-8,13-16,20-21,26H,3-6,9-12H2,1-2H3,(H,27,30)(H,28,31). The largest absolute Gasteiger partial charge is 0.360 e. The second-order valence-corrected chi connectivity index (χ2v) is 9.69. The lowest BCUT2D eigenvalue weighted by atomic mass is 9.88. The van der Waals surface area contributed by atoms with Crippen molar-refractivity contribution in [3.05, 3.63) is 35.0 Å². The fourth-order valence-electron chi connectivity index (χ4n) is 4.94. The first-order valence-corrected chi connectivity index (χ1v) is 11.9. The van der Waals surface area contributed by atoms with Gasteiger partial charge in [-0.2, -0.15) is 0 Å². The van der Waals surface area contributed by atoms with E-state index in [9.17, 15) is 9.59 Å². The van der Waals surface area contributed by atoms with Gasteiger partial charge in [0.2, 0.25) is 5.91 Å². The van der Waals surface area contributed by atoms with Gasteiger partial charge in [-0.25, -0.2) is 0 Å². The minimum Gasteiger partial charge on any atom is -0.360 e. The van der Waals surface area contributed by atoms with Crippen molar-refractivity contribution in [1.29, 1.82) is 0 Å². The molecule has 2 atom stereocenters. The van der Waals surface area contributed by atoms with Crippen LogP contribution in [0.25, 0.3) is 10.9 Å². The number of nitrogens with one attached hydrogen (secondary N) is 3. The number of halogens is 1. The smallest absolute Gasteiger partial charge is 0.251 e. The number of likely N-dealkylation sites (tertiary alicyclic amines) is 1. The summed E-state index contributed by atoms with van der Waals surface area (Å²) in [5, 5.41) is 8.01. The Morgan fingerprint density at radius 3 is 2.42 bits per heavy atom. The predicted molar refractivity (Wildman–Crippen MR) is 124 cm³/mol. The van der Waals surface area contributed by atoms with Crippen molar-refractivity contribution in [3.8, 4) is 0 Å². The normalized spacial score (nSPS) is 23.2. The number of fused-ring (bicyclic) bond motifs is 1. The average Bonchev–Trinajstić information content (AvgIpc) is 3.15. The van der Waals surface area contributed by atoms with Crippen LogP contribution < -0.4 is 10.6 Å². The molecular weight excluding hydrogens is 412 g/mol. The summed E-state index contributed by atoms with van der Waals surface area (Å²) in [5.41, 5.74) is 1.45. The monoisotopic (exact) mass is 444 g/mol. The molecule has 2 aromatic rings. The van der Waals surface area contributed by atoms with Crippen molar-refractivity contribution >= 4 is 34.3 Å². The summed E-state index contributed by atoms with van der Waals surface area (Å²) in [6.45, 7) is 6.37. The Morgan fingerprint density at radius 1 is 1.06 bits per heavy atom. The third-order valence-corrected chi connectivity index (χ3v) is 7.25. The molecule has 0 spiro atoms. The van der Waals surface area contributed by atoms with E-state index in [0.29, 0.717) is 16.6 Å². The van der Waals surface area contributed by atoms with Crippen LogP contribution in [-0.2, 0) is 4.79 Å². The molecule has 1 saturated heterocycles. The molecule has 3 N–H and O–H groups in total. The minimum absolute atomic E-state index is 0.00279. The molecule has 168 valence electrons. The molecule has 0 radical (unpaired) electrons. The van der Waals surface area contributed by atoms with Gasteiger partial charge in [-0.05, 0) is 64.8 Å². The lowest BCUT2D eigenvalue weighted by molar-refractivity contribution is -0.127. The zero-order valence-electron chi connectivity index (χ0n) is 18.4. The number of amides is 2. The summed E-state index contributed by atoms with van der Waals surface area (Å²) in [6, 6.07) is 5.99. The van der Waals surface area contributed by atoms with Gasteiger partial charge < -0.3 is 20.5 Å². The van der Waals surface area contributed by atoms with Gasteiger partial charge in [-0.15, -0.1) is 0 Å². The third kappa shape index (κ3) is 5.07. The first-order chi connectivity index (χ1) is 14.9. The number of carbonyl (C=O) groups excluding carboxylic acids is 2. The molecule has 1 aromatic carbocycles. The number of aromatic nitrogens is 1. The SMILES string of the molecule is CC(C)N1CCC(C(=O)NC2CCCCC2NC(=O)c2ccc3c(Cl)c[nH]c3c2)CC1. The van der Waals surface area contributed by atoms with E-state index >= 15 is 0 Å². The van der Waals surface area contributed by atoms with E-state index in [2.05, 4.69) is 34.4 Å². The molecule has 7 heteroatoms. The first kappa shape index (κ1) is 22.2. The van der Waals surface area contributed by atoms with Crippen molar-refractivity contribution in [2.24, 2.45) is 5.92 Å². The fourth-order valence-corrected chi connectivity index (χ4v) is 5.16. The van der Waals surface area contributed by atoms with Crippen LogP contribution in [0.4, 0.5) is 0 Å². The van der Waals surface area contributed by atoms with E-state index in [1.54, 1.807) is 12.3 Å². The molecule has 1 saturated carbocycles. The van der Waals surface area contributed by atoms with Gasteiger partial charge >= 0.3 is 0 Å². The van der Waals surface area contributed by atoms with Gasteiger partial charge in [-0.1, -0.05) is 30.5 Å². The third-order valence-electron chi connectivity index (χ3n) is 6.93.